The molecule has 2 unspecified atom stereocenters. The van der Waals surface area contributed by atoms with Crippen molar-refractivity contribution in [3.05, 3.63) is 12.2 Å². The van der Waals surface area contributed by atoms with E-state index >= 15 is 0 Å². The number of carboxylic acid groups (broad SMARTS) is 1. The summed E-state index contributed by atoms with van der Waals surface area (Å²) in [7, 11) is 4.13. The van der Waals surface area contributed by atoms with Crippen LogP contribution in [-0.4, -0.2) is 62.5 Å². The van der Waals surface area contributed by atoms with Gasteiger partial charge in [-0.2, -0.15) is 0 Å². The first-order chi connectivity index (χ1) is 16.5. The second-order valence-corrected chi connectivity index (χ2v) is 9.98. The fourth-order valence-electron chi connectivity index (χ4n) is 3.95. The molecule has 0 heterocycles. The summed E-state index contributed by atoms with van der Waals surface area (Å²) < 4.78 is 11.8. The summed E-state index contributed by atoms with van der Waals surface area (Å²) in [6.07, 6.45) is 22.6. The van der Waals surface area contributed by atoms with Crippen LogP contribution in [0.5, 0.6) is 0 Å². The SMILES string of the molecule is CCCCCCCCC=CCC(CCCCOCC(COCCCCCCC)N(C)C)C(=O)O. The van der Waals surface area contributed by atoms with Crippen molar-refractivity contribution < 1.29 is 19.4 Å². The molecule has 0 spiro atoms. The molecule has 0 saturated carbocycles. The van der Waals surface area contributed by atoms with Crippen LogP contribution in [0.15, 0.2) is 12.2 Å². The lowest BCUT2D eigenvalue weighted by atomic mass is 9.98. The predicted octanol–water partition coefficient (Wildman–Crippen LogP) is 7.49. The van der Waals surface area contributed by atoms with Crippen LogP contribution >= 0.6 is 0 Å². The zero-order valence-electron chi connectivity index (χ0n) is 23.1. The second-order valence-electron chi connectivity index (χ2n) is 9.98. The lowest BCUT2D eigenvalue weighted by Gasteiger charge is -2.24. The van der Waals surface area contributed by atoms with Gasteiger partial charge in [-0.15, -0.1) is 0 Å². The summed E-state index contributed by atoms with van der Waals surface area (Å²) in [5.74, 6) is -0.953. The molecule has 0 amide bonds. The molecule has 0 aromatic rings. The van der Waals surface area contributed by atoms with E-state index in [9.17, 15) is 9.90 Å². The van der Waals surface area contributed by atoms with Crippen LogP contribution in [0.4, 0.5) is 0 Å². The molecular formula is C29H57NO4. The van der Waals surface area contributed by atoms with Gasteiger partial charge in [0.2, 0.25) is 0 Å². The van der Waals surface area contributed by atoms with Crippen LogP contribution in [0.1, 0.15) is 117 Å². The minimum atomic E-state index is -0.676. The zero-order valence-corrected chi connectivity index (χ0v) is 23.1. The van der Waals surface area contributed by atoms with Crippen molar-refractivity contribution in [1.29, 1.82) is 0 Å². The van der Waals surface area contributed by atoms with Gasteiger partial charge in [0.15, 0.2) is 0 Å². The Bertz CT molecular complexity index is 467. The van der Waals surface area contributed by atoms with Crippen molar-refractivity contribution in [1.82, 2.24) is 4.90 Å². The molecule has 34 heavy (non-hydrogen) atoms. The van der Waals surface area contributed by atoms with Crippen LogP contribution in [0, 0.1) is 5.92 Å². The van der Waals surface area contributed by atoms with Gasteiger partial charge in [0.05, 0.1) is 25.2 Å². The number of nitrogens with zero attached hydrogens (tertiary/aromatic N) is 1. The molecule has 2 atom stereocenters. The lowest BCUT2D eigenvalue weighted by molar-refractivity contribution is -0.141. The molecule has 0 bridgehead atoms. The molecule has 5 nitrogen and oxygen atoms in total. The van der Waals surface area contributed by atoms with E-state index in [0.717, 1.165) is 38.7 Å². The van der Waals surface area contributed by atoms with E-state index in [1.165, 1.54) is 64.2 Å². The zero-order chi connectivity index (χ0) is 25.3. The first-order valence-corrected chi connectivity index (χ1v) is 14.2. The van der Waals surface area contributed by atoms with E-state index < -0.39 is 5.97 Å². The van der Waals surface area contributed by atoms with Gasteiger partial charge in [0.25, 0.3) is 0 Å². The average molecular weight is 484 g/mol. The minimum absolute atomic E-state index is 0.263. The summed E-state index contributed by atoms with van der Waals surface area (Å²) in [5, 5.41) is 9.51. The molecular weight excluding hydrogens is 426 g/mol. The highest BCUT2D eigenvalue weighted by Gasteiger charge is 2.15. The normalized spacial score (nSPS) is 13.7. The third-order valence-corrected chi connectivity index (χ3v) is 6.50. The Morgan fingerprint density at radius 3 is 1.85 bits per heavy atom. The first-order valence-electron chi connectivity index (χ1n) is 14.2. The van der Waals surface area contributed by atoms with Gasteiger partial charge in [-0.05, 0) is 52.6 Å². The van der Waals surface area contributed by atoms with Crippen molar-refractivity contribution in [3.8, 4) is 0 Å². The van der Waals surface area contributed by atoms with E-state index in [1.807, 2.05) is 0 Å². The topological polar surface area (TPSA) is 59.0 Å². The monoisotopic (exact) mass is 483 g/mol. The Kier molecular flexibility index (Phi) is 24.5. The average Bonchev–Trinajstić information content (AvgIpc) is 2.81. The summed E-state index contributed by atoms with van der Waals surface area (Å²) in [6, 6.07) is 0.263. The number of hydrogen-bond acceptors (Lipinski definition) is 4. The van der Waals surface area contributed by atoms with Gasteiger partial charge >= 0.3 is 5.97 Å². The maximum atomic E-state index is 11.6. The summed E-state index contributed by atoms with van der Waals surface area (Å²) in [5.41, 5.74) is 0. The number of allylic oxidation sites excluding steroid dienone is 2. The molecule has 0 fully saturated rings. The molecule has 0 aromatic carbocycles. The summed E-state index contributed by atoms with van der Waals surface area (Å²) in [4.78, 5) is 13.7. The number of rotatable bonds is 26. The molecule has 0 aliphatic rings. The highest BCUT2D eigenvalue weighted by atomic mass is 16.5. The van der Waals surface area contributed by atoms with Crippen molar-refractivity contribution in [2.24, 2.45) is 5.92 Å². The van der Waals surface area contributed by atoms with Gasteiger partial charge < -0.3 is 19.5 Å². The van der Waals surface area contributed by atoms with Gasteiger partial charge in [-0.3, -0.25) is 4.79 Å². The molecule has 202 valence electrons. The molecule has 1 N–H and O–H groups in total. The highest BCUT2D eigenvalue weighted by Crippen LogP contribution is 2.15. The van der Waals surface area contributed by atoms with Gasteiger partial charge in [0.1, 0.15) is 0 Å². The Balaban J connectivity index is 3.85. The van der Waals surface area contributed by atoms with E-state index in [-0.39, 0.29) is 12.0 Å². The van der Waals surface area contributed by atoms with Crippen LogP contribution in [-0.2, 0) is 14.3 Å². The summed E-state index contributed by atoms with van der Waals surface area (Å²) in [6.45, 7) is 7.35. The quantitative estimate of drug-likeness (QED) is 0.102. The van der Waals surface area contributed by atoms with E-state index in [1.54, 1.807) is 0 Å². The van der Waals surface area contributed by atoms with E-state index in [2.05, 4.69) is 45.0 Å². The van der Waals surface area contributed by atoms with Crippen molar-refractivity contribution in [3.63, 3.8) is 0 Å². The smallest absolute Gasteiger partial charge is 0.306 e. The van der Waals surface area contributed by atoms with Crippen LogP contribution in [0.25, 0.3) is 0 Å². The van der Waals surface area contributed by atoms with Gasteiger partial charge in [0, 0.05) is 13.2 Å². The largest absolute Gasteiger partial charge is 0.481 e. The Morgan fingerprint density at radius 1 is 0.765 bits per heavy atom. The van der Waals surface area contributed by atoms with E-state index in [0.29, 0.717) is 26.2 Å². The molecule has 5 heteroatoms. The van der Waals surface area contributed by atoms with E-state index in [4.69, 9.17) is 9.47 Å². The third kappa shape index (κ3) is 21.6. The molecule has 0 radical (unpaired) electrons. The maximum Gasteiger partial charge on any atom is 0.306 e. The fourth-order valence-corrected chi connectivity index (χ4v) is 3.95. The Labute approximate surface area is 211 Å². The van der Waals surface area contributed by atoms with Crippen molar-refractivity contribution >= 4 is 5.97 Å². The second kappa shape index (κ2) is 25.2. The minimum Gasteiger partial charge on any atom is -0.481 e. The number of ether oxygens (including phenoxy) is 2. The lowest BCUT2D eigenvalue weighted by Crippen LogP contribution is -2.37. The van der Waals surface area contributed by atoms with Crippen LogP contribution < -0.4 is 0 Å². The number of hydrogen-bond donors (Lipinski definition) is 1. The Hall–Kier alpha value is -0.910. The summed E-state index contributed by atoms with van der Waals surface area (Å²) >= 11 is 0. The molecule has 0 aliphatic carbocycles. The van der Waals surface area contributed by atoms with Crippen molar-refractivity contribution in [2.75, 3.05) is 40.5 Å². The van der Waals surface area contributed by atoms with Gasteiger partial charge in [-0.1, -0.05) is 90.2 Å². The maximum absolute atomic E-state index is 11.6. The van der Waals surface area contributed by atoms with Gasteiger partial charge in [-0.25, -0.2) is 0 Å². The number of unbranched alkanes of at least 4 members (excludes halogenated alkanes) is 11. The highest BCUT2D eigenvalue weighted by molar-refractivity contribution is 5.70. The Morgan fingerprint density at radius 2 is 1.29 bits per heavy atom. The number of carbonyl (C=O) groups is 1. The molecule has 0 aromatic heterocycles. The standard InChI is InChI=1S/C29H57NO4/c1-5-7-9-11-12-13-14-15-17-21-27(29(31)32)22-18-20-24-34-26-28(30(3)4)25-33-23-19-16-10-8-6-2/h15,17,27-28H,5-14,16,18-26H2,1-4H3,(H,31,32). The number of likely N-dealkylation sites (N-methyl/N-ethyl adjacent to an activating group) is 1. The first kappa shape index (κ1) is 33.1. The molecule has 0 aliphatic heterocycles. The molecule has 0 saturated heterocycles. The molecule has 0 rings (SSSR count). The predicted molar refractivity (Wildman–Crippen MR) is 145 cm³/mol. The van der Waals surface area contributed by atoms with Crippen molar-refractivity contribution in [2.45, 2.75) is 123 Å². The third-order valence-electron chi connectivity index (χ3n) is 6.50. The van der Waals surface area contributed by atoms with Crippen LogP contribution in [0.2, 0.25) is 0 Å². The fraction of sp³-hybridized carbons (Fsp3) is 0.897. The number of carboxylic acids is 1. The number of aliphatic carboxylic acids is 1. The van der Waals surface area contributed by atoms with Crippen LogP contribution in [0.3, 0.4) is 0 Å².